The molecule has 0 aliphatic heterocycles. The molecule has 0 heterocycles. The summed E-state index contributed by atoms with van der Waals surface area (Å²) in [6, 6.07) is 15.2. The number of nitrogens with one attached hydrogen (secondary N) is 1. The van der Waals surface area contributed by atoms with Gasteiger partial charge in [0.1, 0.15) is 24.0 Å². The molecule has 0 aliphatic rings. The zero-order chi connectivity index (χ0) is 20.9. The lowest BCUT2D eigenvalue weighted by Gasteiger charge is -2.08. The fourth-order valence-electron chi connectivity index (χ4n) is 2.32. The van der Waals surface area contributed by atoms with E-state index in [2.05, 4.69) is 9.93 Å². The van der Waals surface area contributed by atoms with Crippen molar-refractivity contribution >= 4 is 27.8 Å². The monoisotopic (exact) mass is 436 g/mol. The maximum absolute atomic E-state index is 13.1. The highest BCUT2D eigenvalue weighted by Crippen LogP contribution is 2.20. The molecule has 0 bridgehead atoms. The first-order valence-electron chi connectivity index (χ1n) is 8.31. The highest BCUT2D eigenvalue weighted by Gasteiger charge is 2.12. The molecule has 0 aliphatic carbocycles. The van der Waals surface area contributed by atoms with Gasteiger partial charge in [-0.2, -0.15) is 13.5 Å². The van der Waals surface area contributed by atoms with Crippen LogP contribution in [0.2, 0.25) is 5.02 Å². The molecule has 9 heteroatoms. The zero-order valence-electron chi connectivity index (χ0n) is 14.8. The summed E-state index contributed by atoms with van der Waals surface area (Å²) in [4.78, 5) is 1.95. The molecule has 0 atom stereocenters. The zero-order valence-corrected chi connectivity index (χ0v) is 16.4. The Morgan fingerprint density at radius 2 is 1.72 bits per heavy atom. The second-order valence-corrected chi connectivity index (χ2v) is 7.97. The van der Waals surface area contributed by atoms with Crippen molar-refractivity contribution in [2.45, 2.75) is 11.5 Å². The first kappa shape index (κ1) is 20.8. The fraction of sp³-hybridized carbons (Fsp3) is 0.0500. The average Bonchev–Trinajstić information content (AvgIpc) is 2.68. The van der Waals surface area contributed by atoms with E-state index in [4.69, 9.17) is 16.3 Å². The van der Waals surface area contributed by atoms with Gasteiger partial charge in [0.05, 0.1) is 16.1 Å². The summed E-state index contributed by atoms with van der Waals surface area (Å²) in [6.07, 6.45) is 1.30. The van der Waals surface area contributed by atoms with E-state index in [1.807, 2.05) is 0 Å². The predicted octanol–water partition coefficient (Wildman–Crippen LogP) is 4.51. The van der Waals surface area contributed by atoms with Crippen LogP contribution in [-0.2, 0) is 16.6 Å². The summed E-state index contributed by atoms with van der Waals surface area (Å²) in [5, 5.41) is 3.98. The molecule has 0 spiro atoms. The molecule has 3 rings (SSSR count). The van der Waals surface area contributed by atoms with Crippen LogP contribution in [-0.4, -0.2) is 14.6 Å². The van der Waals surface area contributed by atoms with E-state index in [1.54, 1.807) is 24.3 Å². The van der Waals surface area contributed by atoms with Gasteiger partial charge in [-0.05, 0) is 54.1 Å². The third-order valence-corrected chi connectivity index (χ3v) is 5.37. The smallest absolute Gasteiger partial charge is 0.276 e. The summed E-state index contributed by atoms with van der Waals surface area (Å²) in [6.45, 7) is 0.136. The number of sulfonamides is 1. The molecule has 3 aromatic rings. The minimum atomic E-state index is -3.90. The van der Waals surface area contributed by atoms with Crippen LogP contribution in [0.25, 0.3) is 0 Å². The van der Waals surface area contributed by atoms with E-state index in [9.17, 15) is 17.2 Å². The van der Waals surface area contributed by atoms with Crippen molar-refractivity contribution in [1.29, 1.82) is 0 Å². The Morgan fingerprint density at radius 3 is 2.45 bits per heavy atom. The van der Waals surface area contributed by atoms with Gasteiger partial charge in [0.25, 0.3) is 10.0 Å². The number of rotatable bonds is 7. The second-order valence-electron chi connectivity index (χ2n) is 5.90. The van der Waals surface area contributed by atoms with E-state index >= 15 is 0 Å². The Balaban J connectivity index is 1.64. The quantitative estimate of drug-likeness (QED) is 0.437. The van der Waals surface area contributed by atoms with E-state index < -0.39 is 21.7 Å². The molecule has 150 valence electrons. The molecule has 0 unspecified atom stereocenters. The molecular formula is C20H15ClF2N2O3S. The van der Waals surface area contributed by atoms with Crippen LogP contribution in [0.1, 0.15) is 11.1 Å². The van der Waals surface area contributed by atoms with Crippen molar-refractivity contribution in [1.82, 2.24) is 4.83 Å². The number of hydrogen-bond donors (Lipinski definition) is 1. The van der Waals surface area contributed by atoms with E-state index in [0.29, 0.717) is 16.9 Å². The Kier molecular flexibility index (Phi) is 6.46. The Bertz CT molecular complexity index is 1140. The molecule has 1 N–H and O–H groups in total. The van der Waals surface area contributed by atoms with Gasteiger partial charge in [0, 0.05) is 5.56 Å². The highest BCUT2D eigenvalue weighted by molar-refractivity contribution is 7.89. The summed E-state index contributed by atoms with van der Waals surface area (Å²) in [5.74, 6) is -0.470. The Labute approximate surface area is 171 Å². The SMILES string of the molecule is O=S(=O)(NN=Cc1cccc(OCc2ccc(F)cc2Cl)c1)c1ccc(F)cc1. The number of ether oxygens (including phenoxy) is 1. The number of benzene rings is 3. The highest BCUT2D eigenvalue weighted by atomic mass is 35.5. The molecule has 29 heavy (non-hydrogen) atoms. The molecule has 0 fully saturated rings. The van der Waals surface area contributed by atoms with Crippen LogP contribution < -0.4 is 9.57 Å². The summed E-state index contributed by atoms with van der Waals surface area (Å²) < 4.78 is 55.9. The molecule has 0 aromatic heterocycles. The van der Waals surface area contributed by atoms with Crippen molar-refractivity contribution in [3.63, 3.8) is 0 Å². The molecule has 5 nitrogen and oxygen atoms in total. The number of hydrazone groups is 1. The minimum absolute atomic E-state index is 0.107. The van der Waals surface area contributed by atoms with Gasteiger partial charge in [0.2, 0.25) is 0 Å². The molecule has 0 saturated heterocycles. The molecular weight excluding hydrogens is 422 g/mol. The second kappa shape index (κ2) is 9.02. The number of halogens is 3. The molecule has 0 saturated carbocycles. The van der Waals surface area contributed by atoms with Gasteiger partial charge in [0.15, 0.2) is 0 Å². The Morgan fingerprint density at radius 1 is 1.00 bits per heavy atom. The lowest BCUT2D eigenvalue weighted by molar-refractivity contribution is 0.306. The molecule has 3 aromatic carbocycles. The van der Waals surface area contributed by atoms with Gasteiger partial charge < -0.3 is 4.74 Å². The third kappa shape index (κ3) is 5.75. The van der Waals surface area contributed by atoms with Gasteiger partial charge in [-0.1, -0.05) is 29.8 Å². The number of hydrogen-bond acceptors (Lipinski definition) is 4. The fourth-order valence-corrected chi connectivity index (χ4v) is 3.33. The average molecular weight is 437 g/mol. The first-order chi connectivity index (χ1) is 13.8. The lowest BCUT2D eigenvalue weighted by atomic mass is 10.2. The Hall–Kier alpha value is -2.97. The van der Waals surface area contributed by atoms with E-state index in [1.165, 1.54) is 24.4 Å². The van der Waals surface area contributed by atoms with Crippen LogP contribution in [0.4, 0.5) is 8.78 Å². The van der Waals surface area contributed by atoms with Crippen molar-refractivity contribution in [2.75, 3.05) is 0 Å². The van der Waals surface area contributed by atoms with Gasteiger partial charge in [-0.3, -0.25) is 0 Å². The van der Waals surface area contributed by atoms with Crippen LogP contribution in [0.15, 0.2) is 76.7 Å². The van der Waals surface area contributed by atoms with Crippen LogP contribution >= 0.6 is 11.6 Å². The summed E-state index contributed by atoms with van der Waals surface area (Å²) in [5.41, 5.74) is 1.20. The minimum Gasteiger partial charge on any atom is -0.489 e. The summed E-state index contributed by atoms with van der Waals surface area (Å²) >= 11 is 5.97. The molecule has 0 amide bonds. The van der Waals surface area contributed by atoms with Crippen molar-refractivity contribution in [3.8, 4) is 5.75 Å². The third-order valence-electron chi connectivity index (χ3n) is 3.78. The van der Waals surface area contributed by atoms with Gasteiger partial charge >= 0.3 is 0 Å². The van der Waals surface area contributed by atoms with Crippen molar-refractivity contribution in [3.05, 3.63) is 94.5 Å². The lowest BCUT2D eigenvalue weighted by Crippen LogP contribution is -2.18. The van der Waals surface area contributed by atoms with Gasteiger partial charge in [-0.15, -0.1) is 0 Å². The van der Waals surface area contributed by atoms with Crippen LogP contribution in [0.5, 0.6) is 5.75 Å². The standard InChI is InChI=1S/C20H15ClF2N2O3S/c21-20-11-17(23)5-4-15(20)13-28-18-3-1-2-14(10-18)12-24-25-29(26,27)19-8-6-16(22)7-9-19/h1-12,25H,13H2. The largest absolute Gasteiger partial charge is 0.489 e. The maximum Gasteiger partial charge on any atom is 0.276 e. The van der Waals surface area contributed by atoms with E-state index in [0.717, 1.165) is 24.3 Å². The topological polar surface area (TPSA) is 67.8 Å². The molecule has 0 radical (unpaired) electrons. The first-order valence-corrected chi connectivity index (χ1v) is 10.2. The normalized spacial score (nSPS) is 11.6. The van der Waals surface area contributed by atoms with Crippen LogP contribution in [0.3, 0.4) is 0 Å². The number of nitrogens with zero attached hydrogens (tertiary/aromatic N) is 1. The van der Waals surface area contributed by atoms with E-state index in [-0.39, 0.29) is 16.5 Å². The van der Waals surface area contributed by atoms with Crippen molar-refractivity contribution in [2.24, 2.45) is 5.10 Å². The van der Waals surface area contributed by atoms with Crippen LogP contribution in [0, 0.1) is 11.6 Å². The summed E-state index contributed by atoms with van der Waals surface area (Å²) in [7, 11) is -3.90. The maximum atomic E-state index is 13.1. The van der Waals surface area contributed by atoms with Gasteiger partial charge in [-0.25, -0.2) is 13.6 Å². The predicted molar refractivity (Wildman–Crippen MR) is 106 cm³/mol. The van der Waals surface area contributed by atoms with Crippen molar-refractivity contribution < 1.29 is 21.9 Å².